The summed E-state index contributed by atoms with van der Waals surface area (Å²) in [5.74, 6) is -1.72. The van der Waals surface area contributed by atoms with Crippen molar-refractivity contribution < 1.29 is 24.5 Å². The van der Waals surface area contributed by atoms with E-state index in [0.29, 0.717) is 0 Å². The largest absolute Gasteiger partial charge is 0.481 e. The normalized spacial score (nSPS) is 8.21. The molecule has 0 saturated heterocycles. The van der Waals surface area contributed by atoms with Gasteiger partial charge in [-0.25, -0.2) is 4.79 Å². The van der Waals surface area contributed by atoms with Crippen LogP contribution in [-0.2, 0) is 14.3 Å². The van der Waals surface area contributed by atoms with E-state index < -0.39 is 11.9 Å². The molecule has 0 aromatic heterocycles. The first kappa shape index (κ1) is 15.1. The number of carbonyl (C=O) groups excluding carboxylic acids is 1. The molecule has 2 N–H and O–H groups in total. The molecule has 0 saturated carbocycles. The minimum absolute atomic E-state index is 0.0284. The Balaban J connectivity index is 0. The van der Waals surface area contributed by atoms with Crippen LogP contribution in [0.1, 0.15) is 20.3 Å². The Morgan fingerprint density at radius 3 is 2.07 bits per heavy atom. The van der Waals surface area contributed by atoms with Crippen LogP contribution in [0.3, 0.4) is 0 Å². The summed E-state index contributed by atoms with van der Waals surface area (Å²) in [5.41, 5.74) is -0.0284. The van der Waals surface area contributed by atoms with Crippen molar-refractivity contribution >= 4 is 11.9 Å². The number of aliphatic hydroxyl groups excluding tert-OH is 1. The van der Waals surface area contributed by atoms with Gasteiger partial charge in [0.15, 0.2) is 0 Å². The number of esters is 1. The standard InChI is InChI=1S/C7H10O4.C2H6O/c1-3-11-7(10)5(2)4-6(8)9;1-2-3/h2-4H2,1H3,(H,8,9);3H,2H2,1H3. The van der Waals surface area contributed by atoms with E-state index in [1.807, 2.05) is 0 Å². The molecule has 0 bridgehead atoms. The number of hydrogen-bond acceptors (Lipinski definition) is 4. The molecule has 0 spiro atoms. The van der Waals surface area contributed by atoms with E-state index in [9.17, 15) is 9.59 Å². The van der Waals surface area contributed by atoms with Gasteiger partial charge in [0, 0.05) is 12.2 Å². The molecule has 82 valence electrons. The third-order valence-electron chi connectivity index (χ3n) is 0.929. The fourth-order valence-corrected chi connectivity index (χ4v) is 0.488. The molecule has 0 unspecified atom stereocenters. The molecule has 5 nitrogen and oxygen atoms in total. The molecule has 0 rings (SSSR count). The maximum absolute atomic E-state index is 10.7. The van der Waals surface area contributed by atoms with Crippen LogP contribution in [-0.4, -0.2) is 35.4 Å². The number of aliphatic carboxylic acids is 1. The summed E-state index contributed by atoms with van der Waals surface area (Å²) >= 11 is 0. The number of rotatable bonds is 4. The first-order chi connectivity index (χ1) is 6.49. The monoisotopic (exact) mass is 204 g/mol. The summed E-state index contributed by atoms with van der Waals surface area (Å²) in [6.45, 7) is 7.07. The van der Waals surface area contributed by atoms with Gasteiger partial charge in [-0.05, 0) is 13.8 Å². The van der Waals surface area contributed by atoms with Gasteiger partial charge in [-0.15, -0.1) is 0 Å². The van der Waals surface area contributed by atoms with Gasteiger partial charge in [0.1, 0.15) is 0 Å². The lowest BCUT2D eigenvalue weighted by Crippen LogP contribution is -2.10. The second-order valence-electron chi connectivity index (χ2n) is 2.21. The van der Waals surface area contributed by atoms with Gasteiger partial charge in [-0.2, -0.15) is 0 Å². The Morgan fingerprint density at radius 2 is 1.79 bits per heavy atom. The molecule has 14 heavy (non-hydrogen) atoms. The van der Waals surface area contributed by atoms with E-state index in [1.54, 1.807) is 13.8 Å². The van der Waals surface area contributed by atoms with Crippen LogP contribution >= 0.6 is 0 Å². The molecule has 0 aliphatic heterocycles. The molecule has 0 amide bonds. The average Bonchev–Trinajstić information content (AvgIpc) is 2.04. The zero-order valence-electron chi connectivity index (χ0n) is 8.45. The van der Waals surface area contributed by atoms with Crippen molar-refractivity contribution in [1.82, 2.24) is 0 Å². The van der Waals surface area contributed by atoms with Gasteiger partial charge in [-0.1, -0.05) is 6.58 Å². The molecular formula is C9H16O5. The van der Waals surface area contributed by atoms with E-state index in [1.165, 1.54) is 0 Å². The molecule has 0 radical (unpaired) electrons. The number of ether oxygens (including phenoxy) is 1. The third-order valence-corrected chi connectivity index (χ3v) is 0.929. The molecular weight excluding hydrogens is 188 g/mol. The first-order valence-electron chi connectivity index (χ1n) is 4.17. The van der Waals surface area contributed by atoms with Crippen LogP contribution in [0.25, 0.3) is 0 Å². The summed E-state index contributed by atoms with van der Waals surface area (Å²) in [6, 6.07) is 0. The molecule has 0 fully saturated rings. The minimum Gasteiger partial charge on any atom is -0.481 e. The predicted octanol–water partition coefficient (Wildman–Crippen LogP) is 0.579. The van der Waals surface area contributed by atoms with Gasteiger partial charge < -0.3 is 14.9 Å². The van der Waals surface area contributed by atoms with E-state index in [2.05, 4.69) is 11.3 Å². The van der Waals surface area contributed by atoms with Crippen molar-refractivity contribution in [2.45, 2.75) is 20.3 Å². The number of carbonyl (C=O) groups is 2. The summed E-state index contributed by atoms with van der Waals surface area (Å²) < 4.78 is 4.50. The molecule has 0 heterocycles. The Bertz CT molecular complexity index is 197. The molecule has 0 aromatic rings. The van der Waals surface area contributed by atoms with Crippen LogP contribution in [0.4, 0.5) is 0 Å². The lowest BCUT2D eigenvalue weighted by molar-refractivity contribution is -0.142. The second kappa shape index (κ2) is 9.73. The lowest BCUT2D eigenvalue weighted by atomic mass is 10.2. The Labute approximate surface area is 83.0 Å². The van der Waals surface area contributed by atoms with Gasteiger partial charge in [0.2, 0.25) is 0 Å². The van der Waals surface area contributed by atoms with Gasteiger partial charge >= 0.3 is 11.9 Å². The second-order valence-corrected chi connectivity index (χ2v) is 2.21. The highest BCUT2D eigenvalue weighted by molar-refractivity contribution is 5.92. The summed E-state index contributed by atoms with van der Waals surface area (Å²) in [4.78, 5) is 20.7. The quantitative estimate of drug-likeness (QED) is 0.517. The van der Waals surface area contributed by atoms with Crippen LogP contribution in [0, 0.1) is 0 Å². The summed E-state index contributed by atoms with van der Waals surface area (Å²) in [5, 5.41) is 15.8. The van der Waals surface area contributed by atoms with E-state index in [0.717, 1.165) is 0 Å². The number of carboxylic acids is 1. The zero-order chi connectivity index (χ0) is 11.6. The third kappa shape index (κ3) is 10.6. The van der Waals surface area contributed by atoms with Crippen LogP contribution in [0.5, 0.6) is 0 Å². The molecule has 5 heteroatoms. The molecule has 0 aliphatic carbocycles. The molecule has 0 atom stereocenters. The number of hydrogen-bond donors (Lipinski definition) is 2. The number of aliphatic hydroxyl groups is 1. The van der Waals surface area contributed by atoms with Crippen molar-refractivity contribution in [3.63, 3.8) is 0 Å². The van der Waals surface area contributed by atoms with Crippen molar-refractivity contribution in [2.24, 2.45) is 0 Å². The van der Waals surface area contributed by atoms with Crippen LogP contribution in [0.15, 0.2) is 12.2 Å². The van der Waals surface area contributed by atoms with Gasteiger partial charge in [-0.3, -0.25) is 4.79 Å². The SMILES string of the molecule is C=C(CC(=O)O)C(=O)OCC.CCO. The van der Waals surface area contributed by atoms with Gasteiger partial charge in [0.05, 0.1) is 13.0 Å². The first-order valence-corrected chi connectivity index (χ1v) is 4.17. The highest BCUT2D eigenvalue weighted by atomic mass is 16.5. The van der Waals surface area contributed by atoms with E-state index >= 15 is 0 Å². The molecule has 0 aliphatic rings. The van der Waals surface area contributed by atoms with Crippen molar-refractivity contribution in [3.05, 3.63) is 12.2 Å². The highest BCUT2D eigenvalue weighted by Gasteiger charge is 2.10. The smallest absolute Gasteiger partial charge is 0.333 e. The lowest BCUT2D eigenvalue weighted by Gasteiger charge is -2.00. The highest BCUT2D eigenvalue weighted by Crippen LogP contribution is 2.00. The van der Waals surface area contributed by atoms with Crippen LogP contribution < -0.4 is 0 Å². The topological polar surface area (TPSA) is 83.8 Å². The Morgan fingerprint density at radius 1 is 1.36 bits per heavy atom. The average molecular weight is 204 g/mol. The van der Waals surface area contributed by atoms with Gasteiger partial charge in [0.25, 0.3) is 0 Å². The predicted molar refractivity (Wildman–Crippen MR) is 50.8 cm³/mol. The number of carboxylic acid groups (broad SMARTS) is 1. The van der Waals surface area contributed by atoms with Crippen molar-refractivity contribution in [3.8, 4) is 0 Å². The minimum atomic E-state index is -1.08. The molecule has 0 aromatic carbocycles. The Kier molecular flexibility index (Phi) is 10.5. The summed E-state index contributed by atoms with van der Waals surface area (Å²) in [6.07, 6.45) is -0.362. The Hall–Kier alpha value is -1.36. The maximum atomic E-state index is 10.7. The zero-order valence-corrected chi connectivity index (χ0v) is 8.45. The summed E-state index contributed by atoms with van der Waals surface area (Å²) in [7, 11) is 0. The van der Waals surface area contributed by atoms with Crippen LogP contribution in [0.2, 0.25) is 0 Å². The van der Waals surface area contributed by atoms with Crippen molar-refractivity contribution in [1.29, 1.82) is 0 Å². The van der Waals surface area contributed by atoms with E-state index in [4.69, 9.17) is 10.2 Å². The van der Waals surface area contributed by atoms with Crippen molar-refractivity contribution in [2.75, 3.05) is 13.2 Å². The fraction of sp³-hybridized carbons (Fsp3) is 0.556. The maximum Gasteiger partial charge on any atom is 0.333 e. The fourth-order valence-electron chi connectivity index (χ4n) is 0.488. The van der Waals surface area contributed by atoms with E-state index in [-0.39, 0.29) is 25.2 Å².